The Balaban J connectivity index is 0.000000202. The number of pyridine rings is 1. The molecule has 0 bridgehead atoms. The molecule has 161 valence electrons. The third-order valence-electron chi connectivity index (χ3n) is 5.41. The molecule has 0 amide bonds. The van der Waals surface area contributed by atoms with E-state index in [2.05, 4.69) is 4.98 Å². The molecule has 0 saturated carbocycles. The van der Waals surface area contributed by atoms with Crippen molar-refractivity contribution in [3.05, 3.63) is 127 Å². The standard InChI is InChI=1S/C18H16OSi.C10H9NO.Al/c19-20(16-10-4-1-5-11-16,17-12-6-2-7-13-17)18-14-8-3-9-15-18;1-7-5-6-8-3-2-4-9(12)10(8)11-7;/h1-15,19H;2-6,12H,1H3;. The Labute approximate surface area is 206 Å². The van der Waals surface area contributed by atoms with Crippen molar-refractivity contribution < 1.29 is 9.90 Å². The van der Waals surface area contributed by atoms with Gasteiger partial charge in [0.05, 0.1) is 0 Å². The lowest BCUT2D eigenvalue weighted by Crippen LogP contribution is -2.67. The van der Waals surface area contributed by atoms with Gasteiger partial charge in [-0.3, -0.25) is 0 Å². The smallest absolute Gasteiger partial charge is 0.285 e. The molecule has 5 heteroatoms. The average Bonchev–Trinajstić information content (AvgIpc) is 2.86. The van der Waals surface area contributed by atoms with Crippen LogP contribution in [-0.4, -0.2) is 40.6 Å². The summed E-state index contributed by atoms with van der Waals surface area (Å²) >= 11 is 0. The number of aromatic hydroxyl groups is 1. The molecule has 4 aromatic carbocycles. The monoisotopic (exact) mass is 462 g/mol. The van der Waals surface area contributed by atoms with Crippen LogP contribution >= 0.6 is 0 Å². The van der Waals surface area contributed by atoms with E-state index in [9.17, 15) is 9.90 Å². The summed E-state index contributed by atoms with van der Waals surface area (Å²) < 4.78 is 0. The third kappa shape index (κ3) is 5.42. The zero-order valence-electron chi connectivity index (χ0n) is 18.5. The summed E-state index contributed by atoms with van der Waals surface area (Å²) in [6.45, 7) is 1.91. The van der Waals surface area contributed by atoms with E-state index in [0.29, 0.717) is 5.52 Å². The van der Waals surface area contributed by atoms with Gasteiger partial charge < -0.3 is 9.90 Å². The number of nitrogens with zero attached hydrogens (tertiary/aromatic N) is 1. The van der Waals surface area contributed by atoms with Crippen molar-refractivity contribution in [3.63, 3.8) is 0 Å². The molecule has 0 aliphatic carbocycles. The minimum absolute atomic E-state index is 0. The van der Waals surface area contributed by atoms with Gasteiger partial charge in [0.15, 0.2) is 0 Å². The van der Waals surface area contributed by atoms with Crippen LogP contribution in [0.1, 0.15) is 5.69 Å². The van der Waals surface area contributed by atoms with Gasteiger partial charge in [0.1, 0.15) is 11.3 Å². The Bertz CT molecular complexity index is 1200. The van der Waals surface area contributed by atoms with Gasteiger partial charge >= 0.3 is 0 Å². The van der Waals surface area contributed by atoms with Crippen molar-refractivity contribution in [2.24, 2.45) is 0 Å². The molecule has 0 aliphatic heterocycles. The van der Waals surface area contributed by atoms with Gasteiger partial charge in [-0.05, 0) is 34.6 Å². The van der Waals surface area contributed by atoms with Crippen LogP contribution in [0.3, 0.4) is 0 Å². The second-order valence-electron chi connectivity index (χ2n) is 7.61. The van der Waals surface area contributed by atoms with E-state index in [1.54, 1.807) is 6.07 Å². The van der Waals surface area contributed by atoms with E-state index in [1.165, 1.54) is 0 Å². The molecule has 0 spiro atoms. The van der Waals surface area contributed by atoms with Gasteiger partial charge in [-0.2, -0.15) is 0 Å². The third-order valence-corrected chi connectivity index (χ3v) is 8.92. The number of fused-ring (bicyclic) bond motifs is 1. The van der Waals surface area contributed by atoms with Crippen LogP contribution in [0.2, 0.25) is 0 Å². The van der Waals surface area contributed by atoms with Crippen LogP contribution in [-0.2, 0) is 0 Å². The SMILES string of the molecule is Cc1ccc2cccc(O)c2n1.O[Si](c1ccccc1)(c1ccccc1)c1ccccc1.[Al]. The molecule has 0 unspecified atom stereocenters. The van der Waals surface area contributed by atoms with Gasteiger partial charge in [0.2, 0.25) is 0 Å². The molecular weight excluding hydrogens is 437 g/mol. The molecule has 0 saturated heterocycles. The molecular formula is C28H25AlNO2Si. The average molecular weight is 463 g/mol. The zero-order valence-corrected chi connectivity index (χ0v) is 20.6. The largest absolute Gasteiger partial charge is 0.506 e. The van der Waals surface area contributed by atoms with Crippen LogP contribution in [0.5, 0.6) is 5.75 Å². The van der Waals surface area contributed by atoms with Crippen molar-refractivity contribution in [3.8, 4) is 5.75 Å². The fourth-order valence-corrected chi connectivity index (χ4v) is 6.79. The van der Waals surface area contributed by atoms with Crippen LogP contribution in [0, 0.1) is 6.92 Å². The molecule has 1 heterocycles. The predicted molar refractivity (Wildman–Crippen MR) is 140 cm³/mol. The summed E-state index contributed by atoms with van der Waals surface area (Å²) in [6.07, 6.45) is 0. The number of hydrogen-bond donors (Lipinski definition) is 2. The lowest BCUT2D eigenvalue weighted by atomic mass is 10.2. The molecule has 0 fully saturated rings. The summed E-state index contributed by atoms with van der Waals surface area (Å²) in [6, 6.07) is 39.3. The Morgan fingerprint density at radius 2 is 1.03 bits per heavy atom. The number of phenolic OH excluding ortho intramolecular Hbond substituents is 1. The zero-order chi connectivity index (χ0) is 22.4. The Hall–Kier alpha value is -3.20. The first-order valence-electron chi connectivity index (χ1n) is 10.5. The number of hydrogen-bond acceptors (Lipinski definition) is 3. The topological polar surface area (TPSA) is 53.4 Å². The molecule has 5 aromatic rings. The molecule has 3 nitrogen and oxygen atoms in total. The lowest BCUT2D eigenvalue weighted by Gasteiger charge is -2.26. The summed E-state index contributed by atoms with van der Waals surface area (Å²) in [7, 11) is -2.88. The lowest BCUT2D eigenvalue weighted by molar-refractivity contribution is 0.480. The number of aryl methyl sites for hydroxylation is 1. The number of para-hydroxylation sites is 1. The summed E-state index contributed by atoms with van der Waals surface area (Å²) in [5, 5.41) is 13.4. The maximum absolute atomic E-state index is 11.6. The highest BCUT2D eigenvalue weighted by molar-refractivity contribution is 7.06. The Morgan fingerprint density at radius 1 is 0.576 bits per heavy atom. The van der Waals surface area contributed by atoms with Crippen molar-refractivity contribution >= 4 is 52.1 Å². The highest BCUT2D eigenvalue weighted by atomic mass is 28.4. The first-order valence-corrected chi connectivity index (χ1v) is 12.5. The van der Waals surface area contributed by atoms with Crippen molar-refractivity contribution in [2.45, 2.75) is 6.92 Å². The fourth-order valence-electron chi connectivity index (χ4n) is 3.77. The molecule has 3 radical (unpaired) electrons. The van der Waals surface area contributed by atoms with Crippen LogP contribution in [0.25, 0.3) is 10.9 Å². The fraction of sp³-hybridized carbons (Fsp3) is 0.0357. The number of aromatic nitrogens is 1. The van der Waals surface area contributed by atoms with E-state index in [4.69, 9.17) is 0 Å². The van der Waals surface area contributed by atoms with Crippen molar-refractivity contribution in [1.82, 2.24) is 4.98 Å². The number of benzene rings is 4. The van der Waals surface area contributed by atoms with E-state index < -0.39 is 8.32 Å². The van der Waals surface area contributed by atoms with Gasteiger partial charge in [0.25, 0.3) is 8.32 Å². The van der Waals surface area contributed by atoms with Crippen LogP contribution in [0.15, 0.2) is 121 Å². The second-order valence-corrected chi connectivity index (χ2v) is 10.8. The molecule has 0 atom stereocenters. The van der Waals surface area contributed by atoms with E-state index in [1.807, 2.05) is 122 Å². The van der Waals surface area contributed by atoms with Gasteiger partial charge in [-0.25, -0.2) is 4.98 Å². The van der Waals surface area contributed by atoms with Crippen LogP contribution in [0.4, 0.5) is 0 Å². The highest BCUT2D eigenvalue weighted by Gasteiger charge is 2.37. The Kier molecular flexibility index (Phi) is 8.21. The summed E-state index contributed by atoms with van der Waals surface area (Å²) in [5.74, 6) is 0.246. The molecule has 33 heavy (non-hydrogen) atoms. The maximum Gasteiger partial charge on any atom is 0.285 e. The van der Waals surface area contributed by atoms with Gasteiger partial charge in [-0.15, -0.1) is 0 Å². The highest BCUT2D eigenvalue weighted by Crippen LogP contribution is 2.21. The number of phenols is 1. The molecule has 2 N–H and O–H groups in total. The minimum atomic E-state index is -2.88. The molecule has 1 aromatic heterocycles. The van der Waals surface area contributed by atoms with Crippen LogP contribution < -0.4 is 15.6 Å². The van der Waals surface area contributed by atoms with Crippen molar-refractivity contribution in [2.75, 3.05) is 0 Å². The van der Waals surface area contributed by atoms with E-state index in [0.717, 1.165) is 26.6 Å². The number of rotatable bonds is 3. The normalized spacial score (nSPS) is 10.6. The first-order chi connectivity index (χ1) is 15.6. The summed E-state index contributed by atoms with van der Waals surface area (Å²) in [5.41, 5.74) is 1.60. The maximum atomic E-state index is 11.6. The van der Waals surface area contributed by atoms with Crippen molar-refractivity contribution in [1.29, 1.82) is 0 Å². The minimum Gasteiger partial charge on any atom is -0.506 e. The summed E-state index contributed by atoms with van der Waals surface area (Å²) in [4.78, 5) is 15.8. The van der Waals surface area contributed by atoms with Gasteiger partial charge in [0, 0.05) is 28.4 Å². The van der Waals surface area contributed by atoms with Gasteiger partial charge in [-0.1, -0.05) is 109 Å². The molecule has 5 rings (SSSR count). The van der Waals surface area contributed by atoms with E-state index in [-0.39, 0.29) is 23.1 Å². The van der Waals surface area contributed by atoms with E-state index >= 15 is 0 Å². The predicted octanol–water partition coefficient (Wildman–Crippen LogP) is 3.51. The first kappa shape index (κ1) is 24.4. The quantitative estimate of drug-likeness (QED) is 0.319. The Morgan fingerprint density at radius 3 is 1.48 bits per heavy atom. The second kappa shape index (κ2) is 11.1. The molecule has 0 aliphatic rings.